The van der Waals surface area contributed by atoms with Gasteiger partial charge in [-0.05, 0) is 30.9 Å². The number of nitrogen functional groups attached to an aromatic ring is 1. The zero-order chi connectivity index (χ0) is 44.3. The number of thiazole rings is 1. The number of carbonyl (C=O) groups excluding carboxylic acids is 4. The van der Waals surface area contributed by atoms with Crippen LogP contribution in [-0.4, -0.2) is 114 Å². The van der Waals surface area contributed by atoms with Gasteiger partial charge < -0.3 is 35.9 Å². The summed E-state index contributed by atoms with van der Waals surface area (Å²) >= 11 is 2.35. The number of hydrogen-bond donors (Lipinski definition) is 4. The first-order chi connectivity index (χ1) is 30.5. The van der Waals surface area contributed by atoms with Crippen molar-refractivity contribution in [2.24, 2.45) is 5.16 Å². The van der Waals surface area contributed by atoms with Gasteiger partial charge in [0.25, 0.3) is 11.8 Å². The molecule has 1 aromatic heterocycles. The Morgan fingerprint density at radius 3 is 2.03 bits per heavy atom. The number of carboxylic acid groups (broad SMARTS) is 2. The number of thioether (sulfide) groups is 1. The molecule has 3 fully saturated rings. The van der Waals surface area contributed by atoms with Gasteiger partial charge in [0.05, 0.1) is 6.42 Å². The summed E-state index contributed by atoms with van der Waals surface area (Å²) < 4.78 is 0. The Bertz CT molecular complexity index is 2430. The number of likely N-dealkylation sites (tertiary alicyclic amines) is 2. The first-order valence-corrected chi connectivity index (χ1v) is 22.3. The van der Waals surface area contributed by atoms with Crippen LogP contribution in [0.2, 0.25) is 0 Å². The third kappa shape index (κ3) is 8.55. The molecule has 8 rings (SSSR count). The molecule has 324 valence electrons. The highest BCUT2D eigenvalue weighted by atomic mass is 32.2. The van der Waals surface area contributed by atoms with Crippen molar-refractivity contribution in [3.8, 4) is 0 Å². The number of piperidine rings is 1. The summed E-state index contributed by atoms with van der Waals surface area (Å²) in [5, 5.41) is 27.6. The number of nitrogens with two attached hydrogens (primary N) is 1. The number of nitrogens with one attached hydrogen (secondary N) is 1. The monoisotopic (exact) mass is 889 g/mol. The molecule has 4 amide bonds. The van der Waals surface area contributed by atoms with Crippen LogP contribution in [0.3, 0.4) is 0 Å². The summed E-state index contributed by atoms with van der Waals surface area (Å²) in [7, 11) is 0. The molecular formula is C45H43N7O9S2. The number of hydrogen-bond acceptors (Lipinski definition) is 12. The van der Waals surface area contributed by atoms with Gasteiger partial charge in [0.15, 0.2) is 10.8 Å². The molecular weight excluding hydrogens is 847 g/mol. The number of oxime groups is 1. The van der Waals surface area contributed by atoms with Gasteiger partial charge in [-0.25, -0.2) is 9.78 Å². The number of fused-ring (bicyclic) bond motifs is 1. The fourth-order valence-corrected chi connectivity index (χ4v) is 10.3. The molecule has 16 nitrogen and oxygen atoms in total. The van der Waals surface area contributed by atoms with Gasteiger partial charge in [0.2, 0.25) is 17.4 Å². The van der Waals surface area contributed by atoms with Crippen LogP contribution in [0.5, 0.6) is 0 Å². The number of rotatable bonds is 14. The number of aliphatic carboxylic acids is 2. The fraction of sp³-hybridized carbons (Fsp3) is 0.289. The lowest BCUT2D eigenvalue weighted by molar-refractivity contribution is -0.150. The molecule has 0 spiro atoms. The molecule has 4 aliphatic rings. The van der Waals surface area contributed by atoms with Gasteiger partial charge in [-0.2, -0.15) is 0 Å². The van der Waals surface area contributed by atoms with Crippen molar-refractivity contribution in [2.75, 3.05) is 31.1 Å². The molecule has 0 saturated carbocycles. The molecule has 3 aromatic carbocycles. The number of amides is 4. The molecule has 4 aliphatic heterocycles. The minimum atomic E-state index is -1.35. The number of aromatic nitrogens is 1. The SMILES string of the molecule is Nc1nc(/C(=N/OC(c2ccccc2)(c2ccccc2)c2ccccc2)C(=O)N[C@@H]2C(=O)N3C(C(=O)O)=C(/C=C4\CCN(C5CCN(C(=O)CCC(=O)O)CC5)C4=O)CS[C@H]23)cs1. The van der Waals surface area contributed by atoms with Crippen LogP contribution in [0.25, 0.3) is 0 Å². The number of carbonyl (C=O) groups is 6. The van der Waals surface area contributed by atoms with Crippen LogP contribution < -0.4 is 11.1 Å². The van der Waals surface area contributed by atoms with E-state index >= 15 is 0 Å². The molecule has 4 aromatic rings. The lowest BCUT2D eigenvalue weighted by Crippen LogP contribution is -2.71. The third-order valence-electron chi connectivity index (χ3n) is 11.6. The lowest BCUT2D eigenvalue weighted by Gasteiger charge is -2.49. The average Bonchev–Trinajstić information content (AvgIpc) is 3.90. The van der Waals surface area contributed by atoms with E-state index in [0.29, 0.717) is 50.0 Å². The first kappa shape index (κ1) is 42.9. The largest absolute Gasteiger partial charge is 0.481 e. The molecule has 5 N–H and O–H groups in total. The predicted octanol–water partition coefficient (Wildman–Crippen LogP) is 4.19. The van der Waals surface area contributed by atoms with E-state index in [-0.39, 0.29) is 58.7 Å². The van der Waals surface area contributed by atoms with E-state index in [1.54, 1.807) is 21.3 Å². The standard InChI is InChI=1S/C45H43N7O9S2/c46-44-47-33(26-63-44)36(49-61-45(29-10-4-1-5-11-29,30-12-6-2-7-13-30)31-14-8-3-9-15-31)39(56)48-37-41(58)52-38(43(59)60)28(25-62-42(37)52)24-27-18-23-51(40(27)57)32-19-21-50(22-20-32)34(53)16-17-35(54)55/h1-15,24,26,32,37,42H,16-23,25H2,(H2,46,47)(H,48,56)(H,54,55)(H,59,60)/b27-24+,49-36-/t37-,42-/m1/s1. The van der Waals surface area contributed by atoms with Crippen molar-refractivity contribution >= 4 is 69.5 Å². The van der Waals surface area contributed by atoms with Crippen LogP contribution >= 0.6 is 23.1 Å². The fourth-order valence-electron chi connectivity index (χ4n) is 8.48. The summed E-state index contributed by atoms with van der Waals surface area (Å²) in [5.74, 6) is -4.13. The van der Waals surface area contributed by atoms with E-state index in [4.69, 9.17) is 15.7 Å². The van der Waals surface area contributed by atoms with Crippen LogP contribution in [0, 0.1) is 0 Å². The molecule has 0 bridgehead atoms. The zero-order valence-electron chi connectivity index (χ0n) is 33.8. The Morgan fingerprint density at radius 2 is 1.49 bits per heavy atom. The van der Waals surface area contributed by atoms with Crippen molar-refractivity contribution in [3.63, 3.8) is 0 Å². The summed E-state index contributed by atoms with van der Waals surface area (Å²) in [6, 6.07) is 27.1. The number of anilines is 1. The second-order valence-electron chi connectivity index (χ2n) is 15.3. The topological polar surface area (TPSA) is 225 Å². The second kappa shape index (κ2) is 18.3. The summed E-state index contributed by atoms with van der Waals surface area (Å²) in [4.78, 5) is 93.4. The Morgan fingerprint density at radius 1 is 0.889 bits per heavy atom. The second-order valence-corrected chi connectivity index (χ2v) is 17.3. The van der Waals surface area contributed by atoms with Crippen LogP contribution in [-0.2, 0) is 39.2 Å². The number of β-lactam (4-membered cyclic amide) rings is 1. The molecule has 0 aliphatic carbocycles. The Kier molecular flexibility index (Phi) is 12.4. The Balaban J connectivity index is 1.02. The highest BCUT2D eigenvalue weighted by Gasteiger charge is 2.54. The predicted molar refractivity (Wildman–Crippen MR) is 234 cm³/mol. The summed E-state index contributed by atoms with van der Waals surface area (Å²) in [6.07, 6.45) is 2.70. The number of benzene rings is 3. The van der Waals surface area contributed by atoms with Crippen LogP contribution in [0.1, 0.15) is 54.5 Å². The van der Waals surface area contributed by atoms with Crippen molar-refractivity contribution in [2.45, 2.75) is 55.2 Å². The molecule has 2 atom stereocenters. The maximum atomic E-state index is 14.3. The zero-order valence-corrected chi connectivity index (χ0v) is 35.4. The first-order valence-electron chi connectivity index (χ1n) is 20.3. The van der Waals surface area contributed by atoms with Gasteiger partial charge in [-0.1, -0.05) is 96.2 Å². The molecule has 63 heavy (non-hydrogen) atoms. The van der Waals surface area contributed by atoms with Gasteiger partial charge >= 0.3 is 11.9 Å². The molecule has 18 heteroatoms. The van der Waals surface area contributed by atoms with Crippen LogP contribution in [0.4, 0.5) is 5.13 Å². The number of nitrogens with zero attached hydrogens (tertiary/aromatic N) is 5. The summed E-state index contributed by atoms with van der Waals surface area (Å²) in [6.45, 7) is 1.23. The normalized spacial score (nSPS) is 20.1. The highest BCUT2D eigenvalue weighted by Crippen LogP contribution is 2.43. The Labute approximate surface area is 370 Å². The van der Waals surface area contributed by atoms with E-state index in [1.807, 2.05) is 91.0 Å². The molecule has 5 heterocycles. The minimum absolute atomic E-state index is 0.0748. The van der Waals surface area contributed by atoms with Crippen molar-refractivity contribution < 1.29 is 43.8 Å². The smallest absolute Gasteiger partial charge is 0.352 e. The van der Waals surface area contributed by atoms with Crippen molar-refractivity contribution in [1.29, 1.82) is 0 Å². The van der Waals surface area contributed by atoms with Crippen LogP contribution in [0.15, 0.2) is 124 Å². The van der Waals surface area contributed by atoms with E-state index < -0.39 is 40.8 Å². The Hall–Kier alpha value is -6.79. The van der Waals surface area contributed by atoms with E-state index in [0.717, 1.165) is 32.9 Å². The third-order valence-corrected chi connectivity index (χ3v) is 13.6. The van der Waals surface area contributed by atoms with Gasteiger partial charge in [-0.3, -0.25) is 28.9 Å². The maximum Gasteiger partial charge on any atom is 0.352 e. The lowest BCUT2D eigenvalue weighted by atomic mass is 9.80. The van der Waals surface area contributed by atoms with Crippen molar-refractivity contribution in [1.82, 2.24) is 25.0 Å². The number of allylic oxidation sites excluding steroid dienone is 1. The summed E-state index contributed by atoms with van der Waals surface area (Å²) in [5.41, 5.74) is 7.18. The van der Waals surface area contributed by atoms with Gasteiger partial charge in [0.1, 0.15) is 22.8 Å². The molecule has 0 unspecified atom stereocenters. The van der Waals surface area contributed by atoms with Crippen molar-refractivity contribution in [3.05, 3.63) is 142 Å². The number of carboxylic acids is 2. The minimum Gasteiger partial charge on any atom is -0.481 e. The maximum absolute atomic E-state index is 14.3. The average molecular weight is 890 g/mol. The van der Waals surface area contributed by atoms with Gasteiger partial charge in [-0.15, -0.1) is 23.1 Å². The van der Waals surface area contributed by atoms with E-state index in [2.05, 4.69) is 15.5 Å². The molecule has 0 radical (unpaired) electrons. The van der Waals surface area contributed by atoms with Gasteiger partial charge in [0, 0.05) is 65.5 Å². The highest BCUT2D eigenvalue weighted by molar-refractivity contribution is 8.00. The molecule has 3 saturated heterocycles. The quantitative estimate of drug-likeness (QED) is 0.0460. The van der Waals surface area contributed by atoms with E-state index in [9.17, 15) is 33.9 Å². The van der Waals surface area contributed by atoms with E-state index in [1.165, 1.54) is 11.8 Å².